The fourth-order valence-electron chi connectivity index (χ4n) is 3.13. The fourth-order valence-corrected chi connectivity index (χ4v) is 3.13. The highest BCUT2D eigenvalue weighted by Crippen LogP contribution is 2.30. The van der Waals surface area contributed by atoms with Crippen LogP contribution in [0.5, 0.6) is 0 Å². The maximum Gasteiger partial charge on any atom is 0.172 e. The van der Waals surface area contributed by atoms with Crippen LogP contribution in [0.3, 0.4) is 0 Å². The molecule has 1 aliphatic rings. The number of piperidine rings is 1. The van der Waals surface area contributed by atoms with E-state index in [0.29, 0.717) is 11.9 Å². The van der Waals surface area contributed by atoms with Crippen LogP contribution in [0.25, 0.3) is 11.0 Å². The van der Waals surface area contributed by atoms with Crippen molar-refractivity contribution in [2.45, 2.75) is 45.1 Å². The Morgan fingerprint density at radius 2 is 1.95 bits per heavy atom. The monoisotopic (exact) mass is 270 g/mol. The maximum absolute atomic E-state index is 6.16. The average Bonchev–Trinajstić information content (AvgIpc) is 2.48. The molecule has 1 aromatic carbocycles. The molecule has 0 saturated carbocycles. The van der Waals surface area contributed by atoms with E-state index in [0.717, 1.165) is 23.4 Å². The normalized spacial score (nSPS) is 19.4. The number of nitrogens with zero attached hydrogens (tertiary/aromatic N) is 3. The molecule has 0 radical (unpaired) electrons. The molecule has 4 heteroatoms. The number of hydrogen-bond acceptors (Lipinski definition) is 4. The Kier molecular flexibility index (Phi) is 3.72. The first-order chi connectivity index (χ1) is 9.79. The third kappa shape index (κ3) is 2.42. The number of fused-ring (bicyclic) bond motifs is 1. The first kappa shape index (κ1) is 13.2. The van der Waals surface area contributed by atoms with Gasteiger partial charge in [0.15, 0.2) is 11.6 Å². The van der Waals surface area contributed by atoms with Crippen molar-refractivity contribution in [2.75, 3.05) is 17.2 Å². The van der Waals surface area contributed by atoms with Gasteiger partial charge in [-0.3, -0.25) is 0 Å². The molecular weight excluding hydrogens is 248 g/mol. The molecule has 1 fully saturated rings. The minimum absolute atomic E-state index is 0.562. The summed E-state index contributed by atoms with van der Waals surface area (Å²) in [6.45, 7) is 3.28. The van der Waals surface area contributed by atoms with E-state index >= 15 is 0 Å². The molecule has 1 aromatic heterocycles. The summed E-state index contributed by atoms with van der Waals surface area (Å²) in [6, 6.07) is 8.49. The number of rotatable bonds is 3. The number of aromatic nitrogens is 2. The van der Waals surface area contributed by atoms with E-state index < -0.39 is 0 Å². The van der Waals surface area contributed by atoms with E-state index in [1.54, 1.807) is 0 Å². The Morgan fingerprint density at radius 3 is 2.70 bits per heavy atom. The summed E-state index contributed by atoms with van der Waals surface area (Å²) >= 11 is 0. The molecule has 20 heavy (non-hydrogen) atoms. The van der Waals surface area contributed by atoms with E-state index in [1.807, 2.05) is 24.3 Å². The Labute approximate surface area is 120 Å². The number of hydrogen-bond donors (Lipinski definition) is 1. The molecule has 1 aliphatic heterocycles. The SMILES string of the molecule is CCCC1CCCCN1c1nc2ccccc2nc1N. The highest BCUT2D eigenvalue weighted by atomic mass is 15.2. The molecule has 0 aliphatic carbocycles. The van der Waals surface area contributed by atoms with Gasteiger partial charge in [0.05, 0.1) is 11.0 Å². The Balaban J connectivity index is 2.00. The zero-order chi connectivity index (χ0) is 13.9. The molecule has 1 atom stereocenters. The van der Waals surface area contributed by atoms with Crippen molar-refractivity contribution < 1.29 is 0 Å². The lowest BCUT2D eigenvalue weighted by Crippen LogP contribution is -2.40. The van der Waals surface area contributed by atoms with Crippen LogP contribution in [0.2, 0.25) is 0 Å². The van der Waals surface area contributed by atoms with E-state index in [1.165, 1.54) is 32.1 Å². The average molecular weight is 270 g/mol. The lowest BCUT2D eigenvalue weighted by atomic mass is 9.98. The van der Waals surface area contributed by atoms with Crippen molar-refractivity contribution in [3.8, 4) is 0 Å². The van der Waals surface area contributed by atoms with Crippen molar-refractivity contribution in [3.63, 3.8) is 0 Å². The van der Waals surface area contributed by atoms with Gasteiger partial charge in [-0.25, -0.2) is 9.97 Å². The minimum Gasteiger partial charge on any atom is -0.381 e. The number of benzene rings is 1. The van der Waals surface area contributed by atoms with Crippen molar-refractivity contribution in [1.82, 2.24) is 9.97 Å². The highest BCUT2D eigenvalue weighted by Gasteiger charge is 2.25. The van der Waals surface area contributed by atoms with Crippen LogP contribution in [-0.2, 0) is 0 Å². The third-order valence-corrected chi connectivity index (χ3v) is 4.10. The molecule has 106 valence electrons. The smallest absolute Gasteiger partial charge is 0.172 e. The molecule has 0 amide bonds. The summed E-state index contributed by atoms with van der Waals surface area (Å²) < 4.78 is 0. The van der Waals surface area contributed by atoms with E-state index in [9.17, 15) is 0 Å². The Hall–Kier alpha value is -1.84. The summed E-state index contributed by atoms with van der Waals surface area (Å²) in [7, 11) is 0. The molecule has 2 N–H and O–H groups in total. The third-order valence-electron chi connectivity index (χ3n) is 4.10. The van der Waals surface area contributed by atoms with Crippen molar-refractivity contribution in [2.24, 2.45) is 0 Å². The molecule has 2 heterocycles. The minimum atomic E-state index is 0.562. The maximum atomic E-state index is 6.16. The van der Waals surface area contributed by atoms with Crippen LogP contribution < -0.4 is 10.6 Å². The van der Waals surface area contributed by atoms with Crippen LogP contribution in [-0.4, -0.2) is 22.6 Å². The zero-order valence-corrected chi connectivity index (χ0v) is 12.0. The molecule has 0 spiro atoms. The number of nitrogens with two attached hydrogens (primary N) is 1. The summed E-state index contributed by atoms with van der Waals surface area (Å²) in [4.78, 5) is 11.7. The highest BCUT2D eigenvalue weighted by molar-refractivity contribution is 5.79. The van der Waals surface area contributed by atoms with Crippen molar-refractivity contribution in [1.29, 1.82) is 0 Å². The molecule has 1 saturated heterocycles. The van der Waals surface area contributed by atoms with Crippen molar-refractivity contribution >= 4 is 22.7 Å². The number of anilines is 2. The lowest BCUT2D eigenvalue weighted by molar-refractivity contribution is 0.432. The second-order valence-corrected chi connectivity index (χ2v) is 5.55. The van der Waals surface area contributed by atoms with Gasteiger partial charge in [-0.05, 0) is 37.8 Å². The summed E-state index contributed by atoms with van der Waals surface area (Å²) in [5.41, 5.74) is 7.96. The lowest BCUT2D eigenvalue weighted by Gasteiger charge is -2.37. The van der Waals surface area contributed by atoms with Crippen molar-refractivity contribution in [3.05, 3.63) is 24.3 Å². The van der Waals surface area contributed by atoms with Gasteiger partial charge in [-0.15, -0.1) is 0 Å². The molecule has 3 rings (SSSR count). The zero-order valence-electron chi connectivity index (χ0n) is 12.0. The topological polar surface area (TPSA) is 55.0 Å². The largest absolute Gasteiger partial charge is 0.381 e. The van der Waals surface area contributed by atoms with Gasteiger partial charge in [0, 0.05) is 12.6 Å². The van der Waals surface area contributed by atoms with Crippen LogP contribution in [0.4, 0.5) is 11.6 Å². The first-order valence-corrected chi connectivity index (χ1v) is 7.58. The molecule has 0 bridgehead atoms. The number of nitrogen functional groups attached to an aromatic ring is 1. The second kappa shape index (κ2) is 5.65. The Bertz CT molecular complexity index is 594. The van der Waals surface area contributed by atoms with Gasteiger partial charge >= 0.3 is 0 Å². The van der Waals surface area contributed by atoms with Crippen LogP contribution in [0.1, 0.15) is 39.0 Å². The van der Waals surface area contributed by atoms with Crippen LogP contribution >= 0.6 is 0 Å². The van der Waals surface area contributed by atoms with Gasteiger partial charge in [0.1, 0.15) is 0 Å². The first-order valence-electron chi connectivity index (χ1n) is 7.58. The Morgan fingerprint density at radius 1 is 1.20 bits per heavy atom. The quantitative estimate of drug-likeness (QED) is 0.929. The van der Waals surface area contributed by atoms with Gasteiger partial charge in [-0.1, -0.05) is 25.5 Å². The molecular formula is C16H22N4. The van der Waals surface area contributed by atoms with Gasteiger partial charge in [0.2, 0.25) is 0 Å². The number of para-hydroxylation sites is 2. The predicted molar refractivity (Wildman–Crippen MR) is 83.8 cm³/mol. The second-order valence-electron chi connectivity index (χ2n) is 5.55. The fraction of sp³-hybridized carbons (Fsp3) is 0.500. The summed E-state index contributed by atoms with van der Waals surface area (Å²) in [5.74, 6) is 1.44. The summed E-state index contributed by atoms with van der Waals surface area (Å²) in [5, 5.41) is 0. The van der Waals surface area contributed by atoms with E-state index in [-0.39, 0.29) is 0 Å². The molecule has 1 unspecified atom stereocenters. The van der Waals surface area contributed by atoms with Gasteiger partial charge in [0.25, 0.3) is 0 Å². The van der Waals surface area contributed by atoms with E-state index in [2.05, 4.69) is 16.8 Å². The van der Waals surface area contributed by atoms with E-state index in [4.69, 9.17) is 10.7 Å². The summed E-state index contributed by atoms with van der Waals surface area (Å²) in [6.07, 6.45) is 6.16. The predicted octanol–water partition coefficient (Wildman–Crippen LogP) is 3.37. The van der Waals surface area contributed by atoms with Gasteiger partial charge < -0.3 is 10.6 Å². The van der Waals surface area contributed by atoms with Crippen LogP contribution in [0.15, 0.2) is 24.3 Å². The standard InChI is InChI=1S/C16H22N4/c1-2-7-12-8-5-6-11-20(12)16-15(17)18-13-9-3-4-10-14(13)19-16/h3-4,9-10,12H,2,5-8,11H2,1H3,(H2,17,18). The molecule has 2 aromatic rings. The van der Waals surface area contributed by atoms with Crippen LogP contribution in [0, 0.1) is 0 Å². The van der Waals surface area contributed by atoms with Gasteiger partial charge in [-0.2, -0.15) is 0 Å². The molecule has 4 nitrogen and oxygen atoms in total.